The van der Waals surface area contributed by atoms with E-state index in [-0.39, 0.29) is 11.5 Å². The Hall–Kier alpha value is -1.40. The maximum Gasteiger partial charge on any atom is 0.586 e. The molecule has 22 heavy (non-hydrogen) atoms. The van der Waals surface area contributed by atoms with E-state index in [4.69, 9.17) is 0 Å². The molecule has 1 aliphatic carbocycles. The first-order valence-electron chi connectivity index (χ1n) is 7.97. The monoisotopic (exact) mass is 310 g/mol. The molecule has 2 heterocycles. The molecule has 4 nitrogen and oxygen atoms in total. The standard InChI is InChI=1S/C16H20F2N2O2/c17-16(18)21-13-5-4-12(10-14(13)22-16)15(11-2-1-3-11)20-8-6-19-7-9-20/h4-5,10-11,15,19H,1-3,6-9H2/t15-/m1/s1. The molecule has 1 aromatic carbocycles. The molecule has 0 radical (unpaired) electrons. The second kappa shape index (κ2) is 5.35. The molecule has 0 spiro atoms. The van der Waals surface area contributed by atoms with Crippen LogP contribution in [0.5, 0.6) is 11.5 Å². The van der Waals surface area contributed by atoms with E-state index in [1.54, 1.807) is 12.1 Å². The molecule has 3 aliphatic rings. The maximum absolute atomic E-state index is 13.2. The highest BCUT2D eigenvalue weighted by Gasteiger charge is 2.44. The van der Waals surface area contributed by atoms with Crippen LogP contribution in [0.25, 0.3) is 0 Å². The third-order valence-electron chi connectivity index (χ3n) is 4.91. The van der Waals surface area contributed by atoms with Crippen LogP contribution in [0.4, 0.5) is 8.78 Å². The Balaban J connectivity index is 1.62. The van der Waals surface area contributed by atoms with E-state index in [2.05, 4.69) is 19.7 Å². The first-order chi connectivity index (χ1) is 10.6. The largest absolute Gasteiger partial charge is 0.586 e. The fraction of sp³-hybridized carbons (Fsp3) is 0.625. The molecule has 0 amide bonds. The highest BCUT2D eigenvalue weighted by atomic mass is 19.3. The van der Waals surface area contributed by atoms with Gasteiger partial charge in [-0.05, 0) is 36.5 Å². The fourth-order valence-electron chi connectivity index (χ4n) is 3.65. The van der Waals surface area contributed by atoms with Crippen molar-refractivity contribution in [2.24, 2.45) is 5.92 Å². The van der Waals surface area contributed by atoms with Crippen LogP contribution < -0.4 is 14.8 Å². The number of rotatable bonds is 3. The summed E-state index contributed by atoms with van der Waals surface area (Å²) in [5.41, 5.74) is 1.06. The van der Waals surface area contributed by atoms with E-state index in [9.17, 15) is 8.78 Å². The van der Waals surface area contributed by atoms with Gasteiger partial charge in [0.15, 0.2) is 11.5 Å². The first kappa shape index (κ1) is 14.2. The van der Waals surface area contributed by atoms with Crippen molar-refractivity contribution in [3.63, 3.8) is 0 Å². The highest BCUT2D eigenvalue weighted by Crippen LogP contribution is 2.46. The number of nitrogens with one attached hydrogen (secondary N) is 1. The van der Waals surface area contributed by atoms with Gasteiger partial charge in [-0.3, -0.25) is 4.90 Å². The van der Waals surface area contributed by atoms with Crippen LogP contribution in [0.3, 0.4) is 0 Å². The molecule has 2 aliphatic heterocycles. The lowest BCUT2D eigenvalue weighted by molar-refractivity contribution is -0.286. The van der Waals surface area contributed by atoms with E-state index in [0.717, 1.165) is 31.7 Å². The van der Waals surface area contributed by atoms with Crippen LogP contribution in [0, 0.1) is 5.92 Å². The van der Waals surface area contributed by atoms with Crippen LogP contribution in [0.2, 0.25) is 0 Å². The lowest BCUT2D eigenvalue weighted by Gasteiger charge is -2.43. The van der Waals surface area contributed by atoms with Gasteiger partial charge >= 0.3 is 6.29 Å². The minimum atomic E-state index is -3.54. The van der Waals surface area contributed by atoms with E-state index < -0.39 is 6.29 Å². The molecule has 1 atom stereocenters. The number of ether oxygens (including phenoxy) is 2. The molecule has 0 unspecified atom stereocenters. The Kier molecular flexibility index (Phi) is 3.46. The minimum absolute atomic E-state index is 0.126. The molecular weight excluding hydrogens is 290 g/mol. The summed E-state index contributed by atoms with van der Waals surface area (Å²) in [4.78, 5) is 2.47. The number of piperazine rings is 1. The van der Waals surface area contributed by atoms with E-state index >= 15 is 0 Å². The van der Waals surface area contributed by atoms with Crippen molar-refractivity contribution in [3.8, 4) is 11.5 Å². The van der Waals surface area contributed by atoms with Gasteiger partial charge in [-0.2, -0.15) is 0 Å². The maximum atomic E-state index is 13.2. The number of fused-ring (bicyclic) bond motifs is 1. The Morgan fingerprint density at radius 2 is 1.86 bits per heavy atom. The number of benzene rings is 1. The molecular formula is C16H20F2N2O2. The Bertz CT molecular complexity index is 557. The molecule has 1 saturated carbocycles. The minimum Gasteiger partial charge on any atom is -0.395 e. The van der Waals surface area contributed by atoms with Crippen molar-refractivity contribution in [1.82, 2.24) is 10.2 Å². The van der Waals surface area contributed by atoms with Gasteiger partial charge < -0.3 is 14.8 Å². The van der Waals surface area contributed by atoms with E-state index in [0.29, 0.717) is 12.0 Å². The molecule has 2 fully saturated rings. The number of alkyl halides is 2. The summed E-state index contributed by atoms with van der Waals surface area (Å²) in [5, 5.41) is 3.36. The Labute approximate surface area is 128 Å². The summed E-state index contributed by atoms with van der Waals surface area (Å²) < 4.78 is 35.5. The van der Waals surface area contributed by atoms with E-state index in [1.165, 1.54) is 19.3 Å². The topological polar surface area (TPSA) is 33.7 Å². The lowest BCUT2D eigenvalue weighted by Crippen LogP contribution is -2.47. The van der Waals surface area contributed by atoms with Gasteiger partial charge in [0.1, 0.15) is 0 Å². The predicted molar refractivity (Wildman–Crippen MR) is 77.2 cm³/mol. The Morgan fingerprint density at radius 3 is 2.55 bits per heavy atom. The molecule has 120 valence electrons. The summed E-state index contributed by atoms with van der Waals surface area (Å²) in [6.45, 7) is 3.94. The van der Waals surface area contributed by atoms with Gasteiger partial charge in [-0.15, -0.1) is 8.78 Å². The highest BCUT2D eigenvalue weighted by molar-refractivity contribution is 5.46. The zero-order chi connectivity index (χ0) is 15.2. The van der Waals surface area contributed by atoms with Gasteiger partial charge in [0.2, 0.25) is 0 Å². The SMILES string of the molecule is FC1(F)Oc2ccc([C@@H](C3CCC3)N3CCNCC3)cc2O1. The van der Waals surface area contributed by atoms with Gasteiger partial charge in [0, 0.05) is 32.2 Å². The molecule has 4 rings (SSSR count). The smallest absolute Gasteiger partial charge is 0.395 e. The van der Waals surface area contributed by atoms with Crippen LogP contribution in [0.15, 0.2) is 18.2 Å². The van der Waals surface area contributed by atoms with Crippen LogP contribution in [0.1, 0.15) is 30.9 Å². The zero-order valence-corrected chi connectivity index (χ0v) is 12.4. The normalized spacial score (nSPS) is 25.7. The predicted octanol–water partition coefficient (Wildman–Crippen LogP) is 2.75. The Morgan fingerprint density at radius 1 is 1.14 bits per heavy atom. The number of halogens is 2. The second-order valence-electron chi connectivity index (χ2n) is 6.30. The average molecular weight is 310 g/mol. The van der Waals surface area contributed by atoms with Crippen molar-refractivity contribution >= 4 is 0 Å². The van der Waals surface area contributed by atoms with Crippen molar-refractivity contribution in [2.45, 2.75) is 31.6 Å². The molecule has 1 N–H and O–H groups in total. The summed E-state index contributed by atoms with van der Waals surface area (Å²) in [5.74, 6) is 0.891. The van der Waals surface area contributed by atoms with E-state index in [1.807, 2.05) is 6.07 Å². The summed E-state index contributed by atoms with van der Waals surface area (Å²) in [6.07, 6.45) is 0.135. The zero-order valence-electron chi connectivity index (χ0n) is 12.4. The number of hydrogen-bond acceptors (Lipinski definition) is 4. The third-order valence-corrected chi connectivity index (χ3v) is 4.91. The number of hydrogen-bond donors (Lipinski definition) is 1. The van der Waals surface area contributed by atoms with Gasteiger partial charge in [0.25, 0.3) is 0 Å². The van der Waals surface area contributed by atoms with Crippen molar-refractivity contribution in [2.75, 3.05) is 26.2 Å². The van der Waals surface area contributed by atoms with Gasteiger partial charge in [-0.1, -0.05) is 12.5 Å². The fourth-order valence-corrected chi connectivity index (χ4v) is 3.65. The first-order valence-corrected chi connectivity index (χ1v) is 7.97. The van der Waals surface area contributed by atoms with Crippen molar-refractivity contribution < 1.29 is 18.3 Å². The molecule has 1 aromatic rings. The van der Waals surface area contributed by atoms with Crippen LogP contribution in [-0.4, -0.2) is 37.4 Å². The average Bonchev–Trinajstić information content (AvgIpc) is 2.76. The van der Waals surface area contributed by atoms with Crippen LogP contribution >= 0.6 is 0 Å². The van der Waals surface area contributed by atoms with Gasteiger partial charge in [0.05, 0.1) is 0 Å². The summed E-state index contributed by atoms with van der Waals surface area (Å²) >= 11 is 0. The molecule has 1 saturated heterocycles. The molecule has 0 aromatic heterocycles. The van der Waals surface area contributed by atoms with Crippen LogP contribution in [-0.2, 0) is 0 Å². The molecule has 6 heteroatoms. The summed E-state index contributed by atoms with van der Waals surface area (Å²) in [7, 11) is 0. The quantitative estimate of drug-likeness (QED) is 0.931. The lowest BCUT2D eigenvalue weighted by atomic mass is 9.76. The second-order valence-corrected chi connectivity index (χ2v) is 6.30. The van der Waals surface area contributed by atoms with Crippen molar-refractivity contribution in [3.05, 3.63) is 23.8 Å². The molecule has 0 bridgehead atoms. The summed E-state index contributed by atoms with van der Waals surface area (Å²) in [6, 6.07) is 5.55. The van der Waals surface area contributed by atoms with Crippen molar-refractivity contribution in [1.29, 1.82) is 0 Å². The number of nitrogens with zero attached hydrogens (tertiary/aromatic N) is 1. The third kappa shape index (κ3) is 2.54. The van der Waals surface area contributed by atoms with Gasteiger partial charge in [-0.25, -0.2) is 0 Å².